The first-order valence-electron chi connectivity index (χ1n) is 10.3. The van der Waals surface area contributed by atoms with Crippen LogP contribution in [0.1, 0.15) is 17.0 Å². The summed E-state index contributed by atoms with van der Waals surface area (Å²) in [6.07, 6.45) is 0.888. The first kappa shape index (κ1) is 22.5. The third-order valence-electron chi connectivity index (χ3n) is 5.30. The van der Waals surface area contributed by atoms with Gasteiger partial charge in [0.1, 0.15) is 11.3 Å². The van der Waals surface area contributed by atoms with Gasteiger partial charge < -0.3 is 10.7 Å². The predicted octanol–water partition coefficient (Wildman–Crippen LogP) is 1.19. The minimum absolute atomic E-state index is 0.105. The highest BCUT2D eigenvalue weighted by atomic mass is 32.2. The Morgan fingerprint density at radius 3 is 2.30 bits per heavy atom. The minimum atomic E-state index is -4.36. The van der Waals surface area contributed by atoms with Crippen molar-refractivity contribution in [3.05, 3.63) is 92.4 Å². The summed E-state index contributed by atoms with van der Waals surface area (Å²) in [6.45, 7) is -0.262. The molecule has 0 amide bonds. The van der Waals surface area contributed by atoms with Crippen molar-refractivity contribution in [2.45, 2.75) is 25.9 Å². The molecule has 2 aromatic carbocycles. The molecule has 2 heterocycles. The zero-order chi connectivity index (χ0) is 23.6. The van der Waals surface area contributed by atoms with Crippen LogP contribution in [0.3, 0.4) is 0 Å². The van der Waals surface area contributed by atoms with Crippen LogP contribution in [0.4, 0.5) is 5.69 Å². The number of benzene rings is 2. The average molecular weight is 470 g/mol. The van der Waals surface area contributed by atoms with Crippen LogP contribution in [0.2, 0.25) is 0 Å². The summed E-state index contributed by atoms with van der Waals surface area (Å²) in [4.78, 5) is 33.6. The molecule has 0 aliphatic carbocycles. The van der Waals surface area contributed by atoms with E-state index in [-0.39, 0.29) is 17.7 Å². The number of rotatable bonds is 8. The molecule has 0 saturated carbocycles. The molecule has 0 aliphatic rings. The Balaban J connectivity index is 1.78. The lowest BCUT2D eigenvalue weighted by Gasteiger charge is -2.11. The highest BCUT2D eigenvalue weighted by molar-refractivity contribution is 7.85. The van der Waals surface area contributed by atoms with Gasteiger partial charge in [-0.15, -0.1) is 0 Å². The van der Waals surface area contributed by atoms with Crippen LogP contribution in [0.15, 0.2) is 64.2 Å². The van der Waals surface area contributed by atoms with Crippen LogP contribution < -0.4 is 17.0 Å². The first-order valence-corrected chi connectivity index (χ1v) is 11.9. The molecule has 4 aromatic rings. The lowest BCUT2D eigenvalue weighted by molar-refractivity contribution is 0.475. The fraction of sp³-hybridized carbons (Fsp3) is 0.227. The van der Waals surface area contributed by atoms with Crippen LogP contribution in [0.25, 0.3) is 11.2 Å². The summed E-state index contributed by atoms with van der Waals surface area (Å²) >= 11 is 0. The molecule has 2 aromatic heterocycles. The van der Waals surface area contributed by atoms with E-state index in [0.717, 1.165) is 15.7 Å². The predicted molar refractivity (Wildman–Crippen MR) is 125 cm³/mol. The van der Waals surface area contributed by atoms with E-state index in [2.05, 4.69) is 9.97 Å². The number of aryl methyl sites for hydroxylation is 2. The van der Waals surface area contributed by atoms with E-state index in [1.807, 2.05) is 42.5 Å². The highest BCUT2D eigenvalue weighted by Gasteiger charge is 2.19. The van der Waals surface area contributed by atoms with E-state index in [9.17, 15) is 18.0 Å². The second-order valence-electron chi connectivity index (χ2n) is 7.71. The van der Waals surface area contributed by atoms with Gasteiger partial charge in [-0.05, 0) is 29.7 Å². The molecule has 11 heteroatoms. The number of fused-ring (bicyclic) bond motifs is 1. The minimum Gasteiger partial charge on any atom is -0.399 e. The Labute approximate surface area is 189 Å². The van der Waals surface area contributed by atoms with E-state index < -0.39 is 33.7 Å². The van der Waals surface area contributed by atoms with E-state index in [1.165, 1.54) is 4.57 Å². The third-order valence-corrected chi connectivity index (χ3v) is 6.00. The first-order chi connectivity index (χ1) is 15.7. The number of nitrogens with zero attached hydrogens (tertiary/aromatic N) is 3. The summed E-state index contributed by atoms with van der Waals surface area (Å²) in [6, 6.07) is 16.7. The van der Waals surface area contributed by atoms with Gasteiger partial charge in [0.15, 0.2) is 5.65 Å². The number of hydrogen-bond acceptors (Lipinski definition) is 6. The Morgan fingerprint density at radius 2 is 1.64 bits per heavy atom. The van der Waals surface area contributed by atoms with Crippen molar-refractivity contribution in [3.63, 3.8) is 0 Å². The maximum atomic E-state index is 13.1. The van der Waals surface area contributed by atoms with Gasteiger partial charge in [0.2, 0.25) is 0 Å². The Kier molecular flexibility index (Phi) is 6.16. The van der Waals surface area contributed by atoms with Gasteiger partial charge in [-0.3, -0.25) is 18.5 Å². The largest absolute Gasteiger partial charge is 0.399 e. The Morgan fingerprint density at radius 1 is 0.939 bits per heavy atom. The number of imidazole rings is 1. The van der Waals surface area contributed by atoms with E-state index in [1.54, 1.807) is 12.1 Å². The normalized spacial score (nSPS) is 11.8. The number of aromatic amines is 1. The van der Waals surface area contributed by atoms with Gasteiger partial charge in [0, 0.05) is 25.2 Å². The van der Waals surface area contributed by atoms with Gasteiger partial charge >= 0.3 is 5.69 Å². The van der Waals surface area contributed by atoms with Crippen LogP contribution in [0, 0.1) is 0 Å². The summed E-state index contributed by atoms with van der Waals surface area (Å²) in [7, 11) is -4.36. The third kappa shape index (κ3) is 5.21. The van der Waals surface area contributed by atoms with Crippen molar-refractivity contribution >= 4 is 27.0 Å². The monoisotopic (exact) mass is 469 g/mol. The molecule has 0 fully saturated rings. The number of hydrogen-bond donors (Lipinski definition) is 3. The second-order valence-corrected chi connectivity index (χ2v) is 9.29. The molecule has 10 nitrogen and oxygen atoms in total. The van der Waals surface area contributed by atoms with Gasteiger partial charge in [0.05, 0.1) is 5.75 Å². The quantitative estimate of drug-likeness (QED) is 0.259. The molecule has 172 valence electrons. The summed E-state index contributed by atoms with van der Waals surface area (Å²) < 4.78 is 33.7. The number of nitrogen functional groups attached to an aromatic ring is 1. The lowest BCUT2D eigenvalue weighted by atomic mass is 10.1. The molecule has 0 spiro atoms. The van der Waals surface area contributed by atoms with Crippen molar-refractivity contribution in [3.8, 4) is 0 Å². The molecule has 4 rings (SSSR count). The molecule has 0 atom stereocenters. The standard InChI is InChI=1S/C22H23N5O5S/c23-17-8-6-15(7-9-17)10-11-26-20-19(21(28)27(22(26)29)12-13-33(30,31)32)24-18(25-20)14-16-4-2-1-3-5-16/h1-9H,10-14,23H2,(H,24,25)(H,30,31,32). The fourth-order valence-corrected chi connectivity index (χ4v) is 4.03. The Hall–Kier alpha value is -3.70. The Bertz CT molecular complexity index is 1500. The number of nitrogens with one attached hydrogen (secondary N) is 1. The maximum absolute atomic E-state index is 13.1. The van der Waals surface area contributed by atoms with Crippen LogP contribution in [0.5, 0.6) is 0 Å². The molecule has 0 aliphatic heterocycles. The van der Waals surface area contributed by atoms with E-state index in [0.29, 0.717) is 24.4 Å². The van der Waals surface area contributed by atoms with Crippen molar-refractivity contribution in [2.75, 3.05) is 11.5 Å². The molecule has 33 heavy (non-hydrogen) atoms. The fourth-order valence-electron chi connectivity index (χ4n) is 3.62. The second kappa shape index (κ2) is 9.04. The van der Waals surface area contributed by atoms with Gasteiger partial charge in [0.25, 0.3) is 15.7 Å². The summed E-state index contributed by atoms with van der Waals surface area (Å²) in [5.41, 5.74) is 7.18. The zero-order valence-corrected chi connectivity index (χ0v) is 18.5. The van der Waals surface area contributed by atoms with Crippen LogP contribution in [-0.2, 0) is 36.0 Å². The maximum Gasteiger partial charge on any atom is 0.332 e. The zero-order valence-electron chi connectivity index (χ0n) is 17.6. The number of anilines is 1. The summed E-state index contributed by atoms with van der Waals surface area (Å²) in [5, 5.41) is 0. The lowest BCUT2D eigenvalue weighted by Crippen LogP contribution is -2.41. The SMILES string of the molecule is Nc1ccc(CCn2c(=O)n(CCS(=O)(=O)O)c(=O)c3[nH]c(Cc4ccccc4)nc32)cc1. The van der Waals surface area contributed by atoms with Crippen LogP contribution >= 0.6 is 0 Å². The van der Waals surface area contributed by atoms with Crippen LogP contribution in [-0.4, -0.2) is 37.8 Å². The highest BCUT2D eigenvalue weighted by Crippen LogP contribution is 2.12. The molecule has 0 radical (unpaired) electrons. The average Bonchev–Trinajstić information content (AvgIpc) is 3.18. The summed E-state index contributed by atoms with van der Waals surface area (Å²) in [5.74, 6) is -0.252. The molecular formula is C22H23N5O5S. The van der Waals surface area contributed by atoms with Gasteiger partial charge in [-0.1, -0.05) is 42.5 Å². The molecular weight excluding hydrogens is 446 g/mol. The number of aromatic nitrogens is 4. The van der Waals surface area contributed by atoms with Gasteiger partial charge in [-0.2, -0.15) is 8.42 Å². The molecule has 0 saturated heterocycles. The van der Waals surface area contributed by atoms with Crippen molar-refractivity contribution in [1.82, 2.24) is 19.1 Å². The van der Waals surface area contributed by atoms with Crippen molar-refractivity contribution < 1.29 is 13.0 Å². The van der Waals surface area contributed by atoms with E-state index >= 15 is 0 Å². The number of H-pyrrole nitrogens is 1. The van der Waals surface area contributed by atoms with Crippen molar-refractivity contribution in [2.24, 2.45) is 0 Å². The number of nitrogens with two attached hydrogens (primary N) is 1. The molecule has 0 unspecified atom stereocenters. The topological polar surface area (TPSA) is 153 Å². The molecule has 0 bridgehead atoms. The van der Waals surface area contributed by atoms with E-state index in [4.69, 9.17) is 10.3 Å². The van der Waals surface area contributed by atoms with Gasteiger partial charge in [-0.25, -0.2) is 9.78 Å². The smallest absolute Gasteiger partial charge is 0.332 e. The molecule has 4 N–H and O–H groups in total. The van der Waals surface area contributed by atoms with Crippen molar-refractivity contribution in [1.29, 1.82) is 0 Å².